The molecule has 0 bridgehead atoms. The second kappa shape index (κ2) is 9.60. The standard InChI is InChI=1S/C24H21F2NO/c1-2-3-4-18-5-7-19(8-6-18)17-27-22-13-9-20(10-14-22)21-11-15-23(16-12-21)28-24(25)26/h2,5-17,24H,1,3-4H2. The Morgan fingerprint density at radius 1 is 0.857 bits per heavy atom. The molecule has 4 heteroatoms. The van der Waals surface area contributed by atoms with Gasteiger partial charge in [0.15, 0.2) is 0 Å². The maximum absolute atomic E-state index is 12.2. The van der Waals surface area contributed by atoms with E-state index >= 15 is 0 Å². The van der Waals surface area contributed by atoms with Gasteiger partial charge in [-0.2, -0.15) is 8.78 Å². The number of halogens is 2. The summed E-state index contributed by atoms with van der Waals surface area (Å²) >= 11 is 0. The van der Waals surface area contributed by atoms with Gasteiger partial charge in [0.2, 0.25) is 0 Å². The Labute approximate surface area is 163 Å². The van der Waals surface area contributed by atoms with Crippen LogP contribution in [0.15, 0.2) is 90.4 Å². The lowest BCUT2D eigenvalue weighted by atomic mass is 10.1. The zero-order valence-corrected chi connectivity index (χ0v) is 15.4. The molecule has 3 rings (SSSR count). The molecule has 0 spiro atoms. The van der Waals surface area contributed by atoms with Crippen LogP contribution in [0, 0.1) is 0 Å². The lowest BCUT2D eigenvalue weighted by Crippen LogP contribution is -2.01. The van der Waals surface area contributed by atoms with Gasteiger partial charge >= 0.3 is 6.61 Å². The monoisotopic (exact) mass is 377 g/mol. The van der Waals surface area contributed by atoms with Crippen LogP contribution in [0.25, 0.3) is 11.1 Å². The predicted molar refractivity (Wildman–Crippen MR) is 111 cm³/mol. The summed E-state index contributed by atoms with van der Waals surface area (Å²) in [5.74, 6) is 0.149. The summed E-state index contributed by atoms with van der Waals surface area (Å²) in [6.07, 6.45) is 5.73. The van der Waals surface area contributed by atoms with Crippen LogP contribution in [0.4, 0.5) is 14.5 Å². The second-order valence-corrected chi connectivity index (χ2v) is 6.28. The number of alkyl halides is 2. The molecule has 142 valence electrons. The quantitative estimate of drug-likeness (QED) is 0.312. The normalized spacial score (nSPS) is 11.1. The number of hydrogen-bond acceptors (Lipinski definition) is 2. The number of ether oxygens (including phenoxy) is 1. The van der Waals surface area contributed by atoms with Crippen molar-refractivity contribution in [3.8, 4) is 16.9 Å². The third kappa shape index (κ3) is 5.61. The van der Waals surface area contributed by atoms with Gasteiger partial charge in [0, 0.05) is 6.21 Å². The van der Waals surface area contributed by atoms with Crippen molar-refractivity contribution in [1.29, 1.82) is 0 Å². The minimum atomic E-state index is -2.81. The third-order valence-corrected chi connectivity index (χ3v) is 4.26. The lowest BCUT2D eigenvalue weighted by Gasteiger charge is -2.06. The zero-order valence-electron chi connectivity index (χ0n) is 15.4. The average molecular weight is 377 g/mol. The lowest BCUT2D eigenvalue weighted by molar-refractivity contribution is -0.0498. The molecule has 0 unspecified atom stereocenters. The largest absolute Gasteiger partial charge is 0.435 e. The van der Waals surface area contributed by atoms with Crippen LogP contribution in [0.2, 0.25) is 0 Å². The van der Waals surface area contributed by atoms with E-state index in [2.05, 4.69) is 40.6 Å². The highest BCUT2D eigenvalue weighted by Crippen LogP contribution is 2.25. The Bertz CT molecular complexity index is 914. The van der Waals surface area contributed by atoms with E-state index < -0.39 is 6.61 Å². The number of aryl methyl sites for hydroxylation is 1. The minimum Gasteiger partial charge on any atom is -0.435 e. The smallest absolute Gasteiger partial charge is 0.387 e. The van der Waals surface area contributed by atoms with Gasteiger partial charge < -0.3 is 4.74 Å². The fourth-order valence-corrected chi connectivity index (χ4v) is 2.76. The molecule has 0 fully saturated rings. The zero-order chi connectivity index (χ0) is 19.8. The average Bonchev–Trinajstić information content (AvgIpc) is 2.72. The van der Waals surface area contributed by atoms with Crippen LogP contribution in [-0.4, -0.2) is 12.8 Å². The maximum Gasteiger partial charge on any atom is 0.387 e. The van der Waals surface area contributed by atoms with Crippen LogP contribution in [0.3, 0.4) is 0 Å². The first-order valence-corrected chi connectivity index (χ1v) is 9.03. The first-order valence-electron chi connectivity index (χ1n) is 9.03. The SMILES string of the molecule is C=CCCc1ccc(C=Nc2ccc(-c3ccc(OC(F)F)cc3)cc2)cc1. The summed E-state index contributed by atoms with van der Waals surface area (Å²) in [6, 6.07) is 22.7. The van der Waals surface area contributed by atoms with Gasteiger partial charge in [-0.15, -0.1) is 6.58 Å². The summed E-state index contributed by atoms with van der Waals surface area (Å²) in [4.78, 5) is 4.51. The second-order valence-electron chi connectivity index (χ2n) is 6.28. The highest BCUT2D eigenvalue weighted by molar-refractivity contribution is 5.82. The molecule has 3 aromatic carbocycles. The summed E-state index contributed by atoms with van der Waals surface area (Å²) in [5, 5.41) is 0. The first-order chi connectivity index (χ1) is 13.6. The van der Waals surface area contributed by atoms with Crippen molar-refractivity contribution in [2.45, 2.75) is 19.5 Å². The summed E-state index contributed by atoms with van der Waals surface area (Å²) < 4.78 is 28.8. The fraction of sp³-hybridized carbons (Fsp3) is 0.125. The molecular weight excluding hydrogens is 356 g/mol. The molecule has 0 aliphatic carbocycles. The summed E-state index contributed by atoms with van der Waals surface area (Å²) in [5.41, 5.74) is 5.07. The number of hydrogen-bond donors (Lipinski definition) is 0. The van der Waals surface area contributed by atoms with Crippen molar-refractivity contribution in [3.63, 3.8) is 0 Å². The molecule has 0 saturated heterocycles. The number of nitrogens with zero attached hydrogens (tertiary/aromatic N) is 1. The van der Waals surface area contributed by atoms with E-state index in [1.165, 1.54) is 17.7 Å². The van der Waals surface area contributed by atoms with Crippen molar-refractivity contribution < 1.29 is 13.5 Å². The van der Waals surface area contributed by atoms with E-state index in [1.54, 1.807) is 12.1 Å². The van der Waals surface area contributed by atoms with E-state index in [9.17, 15) is 8.78 Å². The van der Waals surface area contributed by atoms with Gasteiger partial charge in [-0.1, -0.05) is 54.6 Å². The topological polar surface area (TPSA) is 21.6 Å². The summed E-state index contributed by atoms with van der Waals surface area (Å²) in [6.45, 7) is 0.928. The van der Waals surface area contributed by atoms with Crippen molar-refractivity contribution in [2.24, 2.45) is 4.99 Å². The third-order valence-electron chi connectivity index (χ3n) is 4.26. The highest BCUT2D eigenvalue weighted by atomic mass is 19.3. The van der Waals surface area contributed by atoms with Crippen LogP contribution < -0.4 is 4.74 Å². The van der Waals surface area contributed by atoms with E-state index in [1.807, 2.05) is 36.6 Å². The Morgan fingerprint density at radius 3 is 2.04 bits per heavy atom. The number of aliphatic imine (C=N–C) groups is 1. The Balaban J connectivity index is 1.63. The number of allylic oxidation sites excluding steroid dienone is 1. The van der Waals surface area contributed by atoms with Crippen molar-refractivity contribution in [1.82, 2.24) is 0 Å². The first kappa shape index (κ1) is 19.5. The van der Waals surface area contributed by atoms with Crippen LogP contribution in [-0.2, 0) is 6.42 Å². The fourth-order valence-electron chi connectivity index (χ4n) is 2.76. The predicted octanol–water partition coefficient (Wildman–Crippen LogP) is 6.82. The van der Waals surface area contributed by atoms with Gasteiger partial charge in [0.1, 0.15) is 5.75 Å². The molecular formula is C24H21F2NO. The molecule has 0 aromatic heterocycles. The molecule has 0 aliphatic heterocycles. The maximum atomic E-state index is 12.2. The Morgan fingerprint density at radius 2 is 1.46 bits per heavy atom. The van der Waals surface area contributed by atoms with Gasteiger partial charge in [-0.3, -0.25) is 4.99 Å². The van der Waals surface area contributed by atoms with Crippen molar-refractivity contribution in [2.75, 3.05) is 0 Å². The molecule has 0 saturated carbocycles. The van der Waals surface area contributed by atoms with Crippen LogP contribution in [0.5, 0.6) is 5.75 Å². The molecule has 0 amide bonds. The van der Waals surface area contributed by atoms with Crippen molar-refractivity contribution >= 4 is 11.9 Å². The Hall–Kier alpha value is -3.27. The van der Waals surface area contributed by atoms with E-state index in [0.717, 1.165) is 35.2 Å². The molecule has 28 heavy (non-hydrogen) atoms. The molecule has 3 aromatic rings. The molecule has 0 atom stereocenters. The molecule has 0 aliphatic rings. The summed E-state index contributed by atoms with van der Waals surface area (Å²) in [7, 11) is 0. The minimum absolute atomic E-state index is 0.149. The van der Waals surface area contributed by atoms with Gasteiger partial charge in [-0.05, 0) is 59.4 Å². The van der Waals surface area contributed by atoms with Crippen LogP contribution in [0.1, 0.15) is 17.5 Å². The molecule has 0 N–H and O–H groups in total. The van der Waals surface area contributed by atoms with E-state index in [4.69, 9.17) is 0 Å². The molecule has 2 nitrogen and oxygen atoms in total. The Kier molecular flexibility index (Phi) is 6.68. The molecule has 0 radical (unpaired) electrons. The van der Waals surface area contributed by atoms with E-state index in [-0.39, 0.29) is 5.75 Å². The molecule has 0 heterocycles. The van der Waals surface area contributed by atoms with E-state index in [0.29, 0.717) is 0 Å². The van der Waals surface area contributed by atoms with Gasteiger partial charge in [0.25, 0.3) is 0 Å². The van der Waals surface area contributed by atoms with Gasteiger partial charge in [-0.25, -0.2) is 0 Å². The number of rotatable bonds is 8. The van der Waals surface area contributed by atoms with Crippen molar-refractivity contribution in [3.05, 3.63) is 96.6 Å². The van der Waals surface area contributed by atoms with Crippen LogP contribution >= 0.6 is 0 Å². The highest BCUT2D eigenvalue weighted by Gasteiger charge is 2.04. The number of benzene rings is 3. The van der Waals surface area contributed by atoms with Gasteiger partial charge in [0.05, 0.1) is 5.69 Å².